The van der Waals surface area contributed by atoms with E-state index in [0.717, 1.165) is 29.2 Å². The predicted molar refractivity (Wildman–Crippen MR) is 79.9 cm³/mol. The first-order valence-corrected chi connectivity index (χ1v) is 8.18. The van der Waals surface area contributed by atoms with Gasteiger partial charge in [0.2, 0.25) is 0 Å². The highest BCUT2D eigenvalue weighted by atomic mass is 32.2. The predicted octanol–water partition coefficient (Wildman–Crippen LogP) is 3.33. The summed E-state index contributed by atoms with van der Waals surface area (Å²) in [6.45, 7) is 5.04. The van der Waals surface area contributed by atoms with Crippen molar-refractivity contribution in [3.8, 4) is 0 Å². The number of hydrogen-bond acceptors (Lipinski definition) is 4. The summed E-state index contributed by atoms with van der Waals surface area (Å²) in [6.07, 6.45) is 3.28. The molecule has 0 amide bonds. The Morgan fingerprint density at radius 3 is 2.78 bits per heavy atom. The zero-order chi connectivity index (χ0) is 13.7. The van der Waals surface area contributed by atoms with E-state index in [4.69, 9.17) is 5.11 Å². The molecule has 5 heteroatoms. The Morgan fingerprint density at radius 2 is 2.28 bits per heavy atom. The Morgan fingerprint density at radius 1 is 1.61 bits per heavy atom. The minimum absolute atomic E-state index is 0.438. The third kappa shape index (κ3) is 4.30. The SMILES string of the molecule is CSCCC(C)N(C)Cc1cc(C(=O)O)sc1C. The second-order valence-electron chi connectivity index (χ2n) is 4.54. The van der Waals surface area contributed by atoms with Gasteiger partial charge in [-0.05, 0) is 51.0 Å². The van der Waals surface area contributed by atoms with Crippen molar-refractivity contribution in [2.24, 2.45) is 0 Å². The summed E-state index contributed by atoms with van der Waals surface area (Å²) in [6, 6.07) is 2.32. The van der Waals surface area contributed by atoms with Gasteiger partial charge in [-0.3, -0.25) is 4.90 Å². The number of hydrogen-bond donors (Lipinski definition) is 1. The van der Waals surface area contributed by atoms with E-state index in [1.165, 1.54) is 11.3 Å². The van der Waals surface area contributed by atoms with E-state index in [1.54, 1.807) is 6.07 Å². The molecular weight excluding hydrogens is 266 g/mol. The summed E-state index contributed by atoms with van der Waals surface area (Å²) in [7, 11) is 2.10. The van der Waals surface area contributed by atoms with Crippen molar-refractivity contribution >= 4 is 29.1 Å². The van der Waals surface area contributed by atoms with Crippen LogP contribution in [0.3, 0.4) is 0 Å². The van der Waals surface area contributed by atoms with Crippen LogP contribution in [0.2, 0.25) is 0 Å². The number of nitrogens with zero attached hydrogens (tertiary/aromatic N) is 1. The maximum Gasteiger partial charge on any atom is 0.345 e. The average Bonchev–Trinajstić information content (AvgIpc) is 2.68. The summed E-state index contributed by atoms with van der Waals surface area (Å²) in [5.74, 6) is 0.335. The summed E-state index contributed by atoms with van der Waals surface area (Å²) in [5, 5.41) is 8.98. The smallest absolute Gasteiger partial charge is 0.345 e. The van der Waals surface area contributed by atoms with Gasteiger partial charge in [0.05, 0.1) is 0 Å². The van der Waals surface area contributed by atoms with Crippen LogP contribution in [0, 0.1) is 6.92 Å². The van der Waals surface area contributed by atoms with Gasteiger partial charge in [-0.1, -0.05) is 0 Å². The van der Waals surface area contributed by atoms with Crippen molar-refractivity contribution in [3.63, 3.8) is 0 Å². The molecule has 1 rings (SSSR count). The lowest BCUT2D eigenvalue weighted by Crippen LogP contribution is -2.29. The topological polar surface area (TPSA) is 40.5 Å². The monoisotopic (exact) mass is 287 g/mol. The van der Waals surface area contributed by atoms with Gasteiger partial charge < -0.3 is 5.11 Å². The molecular formula is C13H21NO2S2. The largest absolute Gasteiger partial charge is 0.477 e. The van der Waals surface area contributed by atoms with E-state index in [-0.39, 0.29) is 0 Å². The van der Waals surface area contributed by atoms with Crippen LogP contribution in [0.15, 0.2) is 6.07 Å². The summed E-state index contributed by atoms with van der Waals surface area (Å²) < 4.78 is 0. The summed E-state index contributed by atoms with van der Waals surface area (Å²) in [5.41, 5.74) is 1.14. The van der Waals surface area contributed by atoms with Crippen molar-refractivity contribution in [2.45, 2.75) is 32.9 Å². The van der Waals surface area contributed by atoms with Crippen LogP contribution in [-0.2, 0) is 6.54 Å². The number of thioether (sulfide) groups is 1. The van der Waals surface area contributed by atoms with Crippen molar-refractivity contribution in [1.29, 1.82) is 0 Å². The molecule has 0 saturated carbocycles. The molecule has 3 nitrogen and oxygen atoms in total. The van der Waals surface area contributed by atoms with Gasteiger partial charge in [-0.2, -0.15) is 11.8 Å². The maximum absolute atomic E-state index is 10.9. The molecule has 0 aromatic carbocycles. The van der Waals surface area contributed by atoms with Crippen LogP contribution in [-0.4, -0.2) is 41.1 Å². The molecule has 0 aliphatic rings. The molecule has 1 heterocycles. The van der Waals surface area contributed by atoms with Gasteiger partial charge in [-0.25, -0.2) is 4.79 Å². The molecule has 0 spiro atoms. The number of rotatable bonds is 7. The van der Waals surface area contributed by atoms with E-state index >= 15 is 0 Å². The Labute approximate surface area is 117 Å². The number of aromatic carboxylic acids is 1. The standard InChI is InChI=1S/C13H21NO2S2/c1-9(5-6-17-4)14(3)8-11-7-12(13(15)16)18-10(11)2/h7,9H,5-6,8H2,1-4H3,(H,15,16). The molecule has 0 aliphatic heterocycles. The van der Waals surface area contributed by atoms with Crippen LogP contribution in [0.5, 0.6) is 0 Å². The van der Waals surface area contributed by atoms with E-state index in [2.05, 4.69) is 25.1 Å². The molecule has 0 saturated heterocycles. The van der Waals surface area contributed by atoms with E-state index in [9.17, 15) is 4.79 Å². The van der Waals surface area contributed by atoms with Crippen LogP contribution in [0.4, 0.5) is 0 Å². The molecule has 0 bridgehead atoms. The summed E-state index contributed by atoms with van der Waals surface area (Å²) >= 11 is 3.23. The van der Waals surface area contributed by atoms with Gasteiger partial charge in [0.15, 0.2) is 0 Å². The number of aryl methyl sites for hydroxylation is 1. The fourth-order valence-corrected chi connectivity index (χ4v) is 3.17. The lowest BCUT2D eigenvalue weighted by atomic mass is 10.2. The second kappa shape index (κ2) is 7.16. The van der Waals surface area contributed by atoms with Gasteiger partial charge in [0.25, 0.3) is 0 Å². The number of thiophene rings is 1. The summed E-state index contributed by atoms with van der Waals surface area (Å²) in [4.78, 5) is 14.8. The van der Waals surface area contributed by atoms with Gasteiger partial charge in [0.1, 0.15) is 4.88 Å². The average molecular weight is 287 g/mol. The molecule has 18 heavy (non-hydrogen) atoms. The normalized spacial score (nSPS) is 12.9. The van der Waals surface area contributed by atoms with Crippen LogP contribution >= 0.6 is 23.1 Å². The van der Waals surface area contributed by atoms with Crippen LogP contribution in [0.1, 0.15) is 33.5 Å². The molecule has 0 radical (unpaired) electrons. The maximum atomic E-state index is 10.9. The Balaban J connectivity index is 2.63. The zero-order valence-electron chi connectivity index (χ0n) is 11.4. The van der Waals surface area contributed by atoms with Gasteiger partial charge in [0, 0.05) is 17.5 Å². The van der Waals surface area contributed by atoms with Gasteiger partial charge >= 0.3 is 5.97 Å². The molecule has 0 fully saturated rings. The lowest BCUT2D eigenvalue weighted by molar-refractivity contribution is 0.0702. The fraction of sp³-hybridized carbons (Fsp3) is 0.615. The van der Waals surface area contributed by atoms with Crippen molar-refractivity contribution in [2.75, 3.05) is 19.1 Å². The minimum Gasteiger partial charge on any atom is -0.477 e. The van der Waals surface area contributed by atoms with E-state index in [0.29, 0.717) is 10.9 Å². The quantitative estimate of drug-likeness (QED) is 0.835. The van der Waals surface area contributed by atoms with Gasteiger partial charge in [-0.15, -0.1) is 11.3 Å². The molecule has 1 unspecified atom stereocenters. The molecule has 0 aliphatic carbocycles. The third-order valence-corrected chi connectivity index (χ3v) is 4.87. The first-order chi connectivity index (χ1) is 8.45. The first kappa shape index (κ1) is 15.5. The van der Waals surface area contributed by atoms with E-state index < -0.39 is 5.97 Å². The first-order valence-electron chi connectivity index (χ1n) is 5.97. The van der Waals surface area contributed by atoms with Crippen LogP contribution in [0.25, 0.3) is 0 Å². The highest BCUT2D eigenvalue weighted by Gasteiger charge is 2.15. The highest BCUT2D eigenvalue weighted by molar-refractivity contribution is 7.98. The number of carboxylic acid groups (broad SMARTS) is 1. The van der Waals surface area contributed by atoms with Crippen molar-refractivity contribution in [3.05, 3.63) is 21.4 Å². The highest BCUT2D eigenvalue weighted by Crippen LogP contribution is 2.23. The van der Waals surface area contributed by atoms with Crippen LogP contribution < -0.4 is 0 Å². The zero-order valence-corrected chi connectivity index (χ0v) is 13.0. The minimum atomic E-state index is -0.826. The lowest BCUT2D eigenvalue weighted by Gasteiger charge is -2.24. The fourth-order valence-electron chi connectivity index (χ4n) is 1.72. The number of carboxylic acids is 1. The third-order valence-electron chi connectivity index (χ3n) is 3.14. The molecule has 1 N–H and O–H groups in total. The molecule has 1 aromatic heterocycles. The molecule has 102 valence electrons. The Kier molecular flexibility index (Phi) is 6.18. The Bertz CT molecular complexity index is 404. The second-order valence-corrected chi connectivity index (χ2v) is 6.78. The van der Waals surface area contributed by atoms with Crippen molar-refractivity contribution < 1.29 is 9.90 Å². The molecule has 1 aromatic rings. The molecule has 1 atom stereocenters. The number of carbonyl (C=O) groups is 1. The Hall–Kier alpha value is -0.520. The van der Waals surface area contributed by atoms with Crippen molar-refractivity contribution in [1.82, 2.24) is 4.90 Å². The van der Waals surface area contributed by atoms with E-state index in [1.807, 2.05) is 18.7 Å².